The molecule has 1 spiro atoms. The van der Waals surface area contributed by atoms with Crippen LogP contribution in [0, 0.1) is 0 Å². The first-order chi connectivity index (χ1) is 13.5. The molecule has 148 valence electrons. The molecule has 0 aliphatic carbocycles. The van der Waals surface area contributed by atoms with E-state index in [0.29, 0.717) is 19.5 Å². The topological polar surface area (TPSA) is 49.9 Å². The van der Waals surface area contributed by atoms with Gasteiger partial charge in [-0.15, -0.1) is 11.3 Å². The molecule has 1 fully saturated rings. The molecule has 0 N–H and O–H groups in total. The van der Waals surface area contributed by atoms with E-state index in [1.54, 1.807) is 19.0 Å². The zero-order chi connectivity index (χ0) is 19.7. The Morgan fingerprint density at radius 3 is 2.61 bits per heavy atom. The van der Waals surface area contributed by atoms with Gasteiger partial charge in [-0.1, -0.05) is 24.3 Å². The summed E-state index contributed by atoms with van der Waals surface area (Å²) in [6.45, 7) is 1.38. The van der Waals surface area contributed by atoms with E-state index in [1.807, 2.05) is 40.6 Å². The number of carbonyl (C=O) groups is 2. The third-order valence-electron chi connectivity index (χ3n) is 5.92. The number of nitrogens with zero attached hydrogens (tertiary/aromatic N) is 2. The van der Waals surface area contributed by atoms with E-state index in [-0.39, 0.29) is 23.3 Å². The van der Waals surface area contributed by atoms with Crippen LogP contribution in [-0.4, -0.2) is 54.4 Å². The highest BCUT2D eigenvalue weighted by Gasteiger charge is 2.44. The van der Waals surface area contributed by atoms with E-state index in [9.17, 15) is 9.59 Å². The smallest absolute Gasteiger partial charge is 0.263 e. The number of carbonyl (C=O) groups excluding carboxylic acids is 2. The predicted octanol–water partition coefficient (Wildman–Crippen LogP) is 3.77. The number of likely N-dealkylation sites (tertiary alicyclic amines) is 1. The van der Waals surface area contributed by atoms with E-state index in [1.165, 1.54) is 11.3 Å². The summed E-state index contributed by atoms with van der Waals surface area (Å²) in [7, 11) is 3.61. The van der Waals surface area contributed by atoms with Gasteiger partial charge in [0.2, 0.25) is 5.91 Å². The van der Waals surface area contributed by atoms with Crippen LogP contribution in [-0.2, 0) is 4.79 Å². The number of benzene rings is 1. The van der Waals surface area contributed by atoms with Gasteiger partial charge >= 0.3 is 0 Å². The highest BCUT2D eigenvalue weighted by molar-refractivity contribution is 7.12. The number of thiophene rings is 1. The molecule has 1 atom stereocenters. The van der Waals surface area contributed by atoms with Crippen molar-refractivity contribution in [3.05, 3.63) is 52.2 Å². The third kappa shape index (κ3) is 3.65. The van der Waals surface area contributed by atoms with Crippen LogP contribution >= 0.6 is 11.3 Å². The van der Waals surface area contributed by atoms with E-state index in [2.05, 4.69) is 6.07 Å². The average molecular weight is 399 g/mol. The van der Waals surface area contributed by atoms with Crippen LogP contribution in [0.5, 0.6) is 5.75 Å². The van der Waals surface area contributed by atoms with Crippen molar-refractivity contribution < 1.29 is 14.3 Å². The van der Waals surface area contributed by atoms with Gasteiger partial charge in [0.05, 0.1) is 4.88 Å². The zero-order valence-electron chi connectivity index (χ0n) is 16.4. The van der Waals surface area contributed by atoms with Gasteiger partial charge in [-0.2, -0.15) is 0 Å². The summed E-state index contributed by atoms with van der Waals surface area (Å²) in [6, 6.07) is 11.9. The number of para-hydroxylation sites is 1. The van der Waals surface area contributed by atoms with Crippen molar-refractivity contribution in [2.45, 2.75) is 37.2 Å². The van der Waals surface area contributed by atoms with Crippen LogP contribution < -0.4 is 4.74 Å². The van der Waals surface area contributed by atoms with Gasteiger partial charge in [0, 0.05) is 52.4 Å². The third-order valence-corrected chi connectivity index (χ3v) is 6.78. The Morgan fingerprint density at radius 2 is 1.93 bits per heavy atom. The molecular formula is C22H26N2O3S. The van der Waals surface area contributed by atoms with E-state index in [4.69, 9.17) is 4.74 Å². The van der Waals surface area contributed by atoms with Crippen LogP contribution in [0.25, 0.3) is 0 Å². The molecule has 0 saturated carbocycles. The minimum atomic E-state index is -0.294. The fraction of sp³-hybridized carbons (Fsp3) is 0.455. The second-order valence-corrected chi connectivity index (χ2v) is 8.93. The number of fused-ring (bicyclic) bond motifs is 1. The number of hydrogen-bond acceptors (Lipinski definition) is 4. The van der Waals surface area contributed by atoms with Gasteiger partial charge < -0.3 is 14.5 Å². The molecule has 6 heteroatoms. The van der Waals surface area contributed by atoms with Crippen LogP contribution in [0.1, 0.15) is 46.8 Å². The van der Waals surface area contributed by atoms with Crippen molar-refractivity contribution in [1.29, 1.82) is 0 Å². The number of amides is 2. The molecule has 2 aliphatic rings. The number of rotatable bonds is 3. The largest absolute Gasteiger partial charge is 0.487 e. The maximum Gasteiger partial charge on any atom is 0.263 e. The highest BCUT2D eigenvalue weighted by atomic mass is 32.1. The summed E-state index contributed by atoms with van der Waals surface area (Å²) in [5.74, 6) is 1.30. The Balaban J connectivity index is 1.51. The standard InChI is InChI=1S/C22H26N2O3S/c1-23(2)20(25)14-16-15-22(27-18-7-4-3-6-17(16)18)9-11-24(12-10-22)21(26)19-8-5-13-28-19/h3-8,13,16H,9-12,14-15H2,1-2H3/t16-/m0/s1. The van der Waals surface area contributed by atoms with Crippen molar-refractivity contribution >= 4 is 23.2 Å². The lowest BCUT2D eigenvalue weighted by Gasteiger charge is -2.47. The van der Waals surface area contributed by atoms with E-state index in [0.717, 1.165) is 35.5 Å². The fourth-order valence-electron chi connectivity index (χ4n) is 4.30. The maximum absolute atomic E-state index is 12.7. The van der Waals surface area contributed by atoms with Crippen molar-refractivity contribution in [2.24, 2.45) is 0 Å². The number of ether oxygens (including phenoxy) is 1. The summed E-state index contributed by atoms with van der Waals surface area (Å²) in [4.78, 5) is 29.4. The summed E-state index contributed by atoms with van der Waals surface area (Å²) in [6.07, 6.45) is 2.91. The van der Waals surface area contributed by atoms with Gasteiger partial charge in [0.15, 0.2) is 0 Å². The summed E-state index contributed by atoms with van der Waals surface area (Å²) in [5.41, 5.74) is 0.832. The second-order valence-electron chi connectivity index (χ2n) is 7.99. The zero-order valence-corrected chi connectivity index (χ0v) is 17.2. The molecule has 3 heterocycles. The van der Waals surface area contributed by atoms with Crippen LogP contribution in [0.2, 0.25) is 0 Å². The van der Waals surface area contributed by atoms with Crippen molar-refractivity contribution in [2.75, 3.05) is 27.2 Å². The van der Waals surface area contributed by atoms with Crippen LogP contribution in [0.3, 0.4) is 0 Å². The lowest BCUT2D eigenvalue weighted by Crippen LogP contribution is -2.52. The van der Waals surface area contributed by atoms with Crippen LogP contribution in [0.4, 0.5) is 0 Å². The quantitative estimate of drug-likeness (QED) is 0.791. The minimum Gasteiger partial charge on any atom is -0.487 e. The Kier molecular flexibility index (Phi) is 5.15. The summed E-state index contributed by atoms with van der Waals surface area (Å²) < 4.78 is 6.49. The normalized spacial score (nSPS) is 20.4. The number of piperidine rings is 1. The molecule has 4 rings (SSSR count). The lowest BCUT2D eigenvalue weighted by molar-refractivity contribution is -0.129. The first-order valence-electron chi connectivity index (χ1n) is 9.78. The molecule has 1 aromatic carbocycles. The first kappa shape index (κ1) is 19.0. The SMILES string of the molecule is CN(C)C(=O)C[C@H]1CC2(CCN(C(=O)c3cccs3)CC2)Oc2ccccc21. The molecule has 2 amide bonds. The maximum atomic E-state index is 12.7. The van der Waals surface area contributed by atoms with Gasteiger partial charge in [0.1, 0.15) is 11.4 Å². The van der Waals surface area contributed by atoms with Crippen molar-refractivity contribution in [1.82, 2.24) is 9.80 Å². The Labute approximate surface area is 169 Å². The van der Waals surface area contributed by atoms with Gasteiger partial charge in [0.25, 0.3) is 5.91 Å². The molecule has 5 nitrogen and oxygen atoms in total. The number of hydrogen-bond donors (Lipinski definition) is 0. The highest BCUT2D eigenvalue weighted by Crippen LogP contribution is 2.46. The molecule has 0 bridgehead atoms. The van der Waals surface area contributed by atoms with E-state index < -0.39 is 0 Å². The second kappa shape index (κ2) is 7.59. The van der Waals surface area contributed by atoms with Crippen LogP contribution in [0.15, 0.2) is 41.8 Å². The minimum absolute atomic E-state index is 0.111. The van der Waals surface area contributed by atoms with Gasteiger partial charge in [-0.05, 0) is 29.5 Å². The molecule has 1 aromatic heterocycles. The van der Waals surface area contributed by atoms with Crippen molar-refractivity contribution in [3.8, 4) is 5.75 Å². The van der Waals surface area contributed by atoms with Gasteiger partial charge in [-0.3, -0.25) is 9.59 Å². The monoisotopic (exact) mass is 398 g/mol. The predicted molar refractivity (Wildman–Crippen MR) is 110 cm³/mol. The molecule has 1 saturated heterocycles. The molecule has 2 aliphatic heterocycles. The van der Waals surface area contributed by atoms with E-state index >= 15 is 0 Å². The Morgan fingerprint density at radius 1 is 1.18 bits per heavy atom. The molecule has 28 heavy (non-hydrogen) atoms. The lowest BCUT2D eigenvalue weighted by atomic mass is 9.76. The Bertz CT molecular complexity index is 854. The fourth-order valence-corrected chi connectivity index (χ4v) is 4.99. The summed E-state index contributed by atoms with van der Waals surface area (Å²) >= 11 is 1.49. The first-order valence-corrected chi connectivity index (χ1v) is 10.7. The molecule has 2 aromatic rings. The van der Waals surface area contributed by atoms with Gasteiger partial charge in [-0.25, -0.2) is 0 Å². The molecule has 0 radical (unpaired) electrons. The molecular weight excluding hydrogens is 372 g/mol. The molecule has 0 unspecified atom stereocenters. The summed E-state index contributed by atoms with van der Waals surface area (Å²) in [5, 5.41) is 1.94. The Hall–Kier alpha value is -2.34. The average Bonchev–Trinajstić information content (AvgIpc) is 3.23. The van der Waals surface area contributed by atoms with Crippen molar-refractivity contribution in [3.63, 3.8) is 0 Å².